The minimum atomic E-state index is -1.25. The van der Waals surface area contributed by atoms with E-state index in [1.54, 1.807) is 0 Å². The lowest BCUT2D eigenvalue weighted by atomic mass is 10.1. The summed E-state index contributed by atoms with van der Waals surface area (Å²) in [6, 6.07) is 16.7. The van der Waals surface area contributed by atoms with Gasteiger partial charge in [0.15, 0.2) is 0 Å². The number of halogens is 2. The van der Waals surface area contributed by atoms with Crippen molar-refractivity contribution in [2.45, 2.75) is 13.1 Å². The van der Waals surface area contributed by atoms with E-state index >= 15 is 0 Å². The molecule has 50 heavy (non-hydrogen) atoms. The summed E-state index contributed by atoms with van der Waals surface area (Å²) in [6.45, 7) is -1.86. The van der Waals surface area contributed by atoms with E-state index in [2.05, 4.69) is 0 Å². The van der Waals surface area contributed by atoms with E-state index in [-0.39, 0.29) is 37.5 Å². The molecule has 4 amide bonds. The molecule has 0 saturated carbocycles. The number of benzene rings is 3. The molecule has 0 aliphatic heterocycles. The van der Waals surface area contributed by atoms with Gasteiger partial charge in [-0.25, -0.2) is 25.2 Å². The van der Waals surface area contributed by atoms with Crippen LogP contribution in [0.1, 0.15) is 20.7 Å². The van der Waals surface area contributed by atoms with Gasteiger partial charge in [0.2, 0.25) is 0 Å². The summed E-state index contributed by atoms with van der Waals surface area (Å²) in [7, 11) is 0. The summed E-state index contributed by atoms with van der Waals surface area (Å²) in [6.07, 6.45) is 0. The lowest BCUT2D eigenvalue weighted by Gasteiger charge is -2.17. The van der Waals surface area contributed by atoms with Crippen LogP contribution in [0.25, 0.3) is 32.8 Å². The predicted octanol–water partition coefficient (Wildman–Crippen LogP) is 1.69. The fourth-order valence-electron chi connectivity index (χ4n) is 4.99. The molecule has 18 heteroatoms. The molecule has 0 aliphatic rings. The lowest BCUT2D eigenvalue weighted by Crippen LogP contribution is -2.50. The number of aromatic nitrogens is 2. The molecule has 0 unspecified atom stereocenters. The van der Waals surface area contributed by atoms with E-state index < -0.39 is 70.3 Å². The lowest BCUT2D eigenvalue weighted by molar-refractivity contribution is -0.129. The maximum atomic E-state index is 13.5. The minimum Gasteiger partial charge on any atom is -0.422 e. The number of rotatable bonds is 6. The number of fused-ring (bicyclic) bond motifs is 3. The summed E-state index contributed by atoms with van der Waals surface area (Å²) in [5.41, 5.74) is -0.974. The Morgan fingerprint density at radius 1 is 0.720 bits per heavy atom. The third kappa shape index (κ3) is 6.40. The molecule has 3 heterocycles. The number of carbonyl (C=O) groups excluding carboxylic acids is 4. The van der Waals surface area contributed by atoms with Crippen molar-refractivity contribution in [1.29, 1.82) is 0 Å². The highest BCUT2D eigenvalue weighted by Crippen LogP contribution is 2.20. The molecule has 6 aromatic rings. The van der Waals surface area contributed by atoms with Crippen LogP contribution in [-0.2, 0) is 22.7 Å². The summed E-state index contributed by atoms with van der Waals surface area (Å²) in [5.74, 6) is 1.22. The minimum absolute atomic E-state index is 0.0374. The van der Waals surface area contributed by atoms with Crippen LogP contribution in [0.15, 0.2) is 101 Å². The van der Waals surface area contributed by atoms with Gasteiger partial charge in [-0.1, -0.05) is 35.3 Å². The zero-order valence-corrected chi connectivity index (χ0v) is 26.6. The molecule has 4 N–H and O–H groups in total. The Bertz CT molecular complexity index is 2680. The van der Waals surface area contributed by atoms with Gasteiger partial charge in [-0.15, -0.1) is 0 Å². The Labute approximate surface area is 286 Å². The highest BCUT2D eigenvalue weighted by atomic mass is 35.5. The number of hydrogen-bond donors (Lipinski definition) is 3. The molecule has 0 atom stereocenters. The van der Waals surface area contributed by atoms with E-state index in [0.29, 0.717) is 15.0 Å². The first-order valence-electron chi connectivity index (χ1n) is 14.2. The highest BCUT2D eigenvalue weighted by molar-refractivity contribution is 6.31. The van der Waals surface area contributed by atoms with Crippen LogP contribution in [-0.4, -0.2) is 37.8 Å². The third-order valence-electron chi connectivity index (χ3n) is 7.39. The maximum Gasteiger partial charge on any atom is 0.349 e. The van der Waals surface area contributed by atoms with Crippen LogP contribution in [0.2, 0.25) is 10.0 Å². The van der Waals surface area contributed by atoms with Gasteiger partial charge < -0.3 is 8.83 Å². The number of para-hydroxylation sites is 1. The van der Waals surface area contributed by atoms with Gasteiger partial charge >= 0.3 is 16.9 Å². The number of imide groups is 1. The maximum absolute atomic E-state index is 13.5. The van der Waals surface area contributed by atoms with Crippen molar-refractivity contribution >= 4 is 79.7 Å². The molecule has 3 aromatic heterocycles. The van der Waals surface area contributed by atoms with Crippen molar-refractivity contribution in [3.05, 3.63) is 136 Å². The normalized spacial score (nSPS) is 11.1. The monoisotopic (exact) mass is 718 g/mol. The van der Waals surface area contributed by atoms with Gasteiger partial charge in [0.1, 0.15) is 35.4 Å². The Morgan fingerprint density at radius 3 is 1.94 bits per heavy atom. The number of nitrogens with one attached hydrogen (secondary N) is 2. The van der Waals surface area contributed by atoms with E-state index in [9.17, 15) is 38.4 Å². The standard InChI is InChI=1S/C32H20Cl2N6O10/c33-17-5-7-23-15(9-17)11-20(30(46)49-23)27(43)37-36-25(41)13-39-28(44)19-3-1-2-4-22(19)38(32(39)48)14-26(42)40(35)29(45)21-12-16-10-18(34)6-8-24(16)50-31(21)47/h1-12H,13-14,35H2,(H,36,41)(H,37,43). The van der Waals surface area contributed by atoms with Crippen molar-refractivity contribution in [1.82, 2.24) is 25.0 Å². The average Bonchev–Trinajstić information content (AvgIpc) is 3.09. The topological polar surface area (TPSA) is 226 Å². The van der Waals surface area contributed by atoms with Crippen molar-refractivity contribution in [3.63, 3.8) is 0 Å². The Balaban J connectivity index is 1.24. The Hall–Kier alpha value is -6.36. The van der Waals surface area contributed by atoms with Crippen LogP contribution >= 0.6 is 23.2 Å². The molecule has 0 fully saturated rings. The summed E-state index contributed by atoms with van der Waals surface area (Å²) in [5, 5.41) is 1.22. The Morgan fingerprint density at radius 2 is 1.30 bits per heavy atom. The molecular formula is C32H20Cl2N6O10. The van der Waals surface area contributed by atoms with Crippen molar-refractivity contribution in [2.75, 3.05) is 0 Å². The zero-order valence-electron chi connectivity index (χ0n) is 25.1. The zero-order chi connectivity index (χ0) is 35.9. The summed E-state index contributed by atoms with van der Waals surface area (Å²) < 4.78 is 11.5. The first-order valence-corrected chi connectivity index (χ1v) is 15.0. The van der Waals surface area contributed by atoms with E-state index in [1.807, 2.05) is 10.9 Å². The number of carbonyl (C=O) groups is 4. The predicted molar refractivity (Wildman–Crippen MR) is 178 cm³/mol. The van der Waals surface area contributed by atoms with E-state index in [4.69, 9.17) is 37.9 Å². The SMILES string of the molecule is NN(C(=O)Cn1c(=O)n(CC(=O)NNC(=O)c2cc3cc(Cl)ccc3oc2=O)c(=O)c2ccccc21)C(=O)c1cc2cc(Cl)ccc2oc1=O. The average molecular weight is 719 g/mol. The van der Waals surface area contributed by atoms with Gasteiger partial charge in [-0.05, 0) is 60.7 Å². The summed E-state index contributed by atoms with van der Waals surface area (Å²) >= 11 is 11.9. The largest absolute Gasteiger partial charge is 0.422 e. The molecule has 0 saturated heterocycles. The first-order chi connectivity index (χ1) is 23.8. The van der Waals surface area contributed by atoms with Crippen LogP contribution in [0, 0.1) is 0 Å². The Kier molecular flexibility index (Phi) is 8.90. The molecule has 252 valence electrons. The molecule has 0 radical (unpaired) electrons. The molecule has 0 aliphatic carbocycles. The van der Waals surface area contributed by atoms with E-state index in [0.717, 1.165) is 10.6 Å². The van der Waals surface area contributed by atoms with Crippen LogP contribution < -0.4 is 39.2 Å². The molecule has 0 spiro atoms. The van der Waals surface area contributed by atoms with Crippen molar-refractivity contribution in [2.24, 2.45) is 5.84 Å². The smallest absolute Gasteiger partial charge is 0.349 e. The van der Waals surface area contributed by atoms with Crippen molar-refractivity contribution in [3.8, 4) is 0 Å². The number of hydrogen-bond acceptors (Lipinski definition) is 11. The molecular weight excluding hydrogens is 699 g/mol. The fraction of sp³-hybridized carbons (Fsp3) is 0.0625. The van der Waals surface area contributed by atoms with E-state index in [1.165, 1.54) is 66.7 Å². The molecule has 3 aromatic carbocycles. The first kappa shape index (κ1) is 33.5. The number of nitrogens with zero attached hydrogens (tertiary/aromatic N) is 3. The van der Waals surface area contributed by atoms with Crippen molar-refractivity contribution < 1.29 is 28.0 Å². The van der Waals surface area contributed by atoms with Gasteiger partial charge in [-0.2, -0.15) is 0 Å². The van der Waals surface area contributed by atoms with Gasteiger partial charge in [0.05, 0.1) is 10.9 Å². The quantitative estimate of drug-likeness (QED) is 0.0972. The molecule has 6 rings (SSSR count). The number of nitrogens with two attached hydrogens (primary N) is 1. The van der Waals surface area contributed by atoms with Gasteiger partial charge in [0.25, 0.3) is 29.2 Å². The van der Waals surface area contributed by atoms with Crippen LogP contribution in [0.5, 0.6) is 0 Å². The third-order valence-corrected chi connectivity index (χ3v) is 7.86. The van der Waals surface area contributed by atoms with Gasteiger partial charge in [-0.3, -0.25) is 44.0 Å². The highest BCUT2D eigenvalue weighted by Gasteiger charge is 2.26. The second-order valence-corrected chi connectivity index (χ2v) is 11.5. The van der Waals surface area contributed by atoms with Crippen LogP contribution in [0.4, 0.5) is 0 Å². The fourth-order valence-corrected chi connectivity index (χ4v) is 5.35. The summed E-state index contributed by atoms with van der Waals surface area (Å²) in [4.78, 5) is 104. The number of hydrazine groups is 2. The van der Waals surface area contributed by atoms with Gasteiger partial charge in [0, 0.05) is 20.8 Å². The molecule has 0 bridgehead atoms. The second-order valence-electron chi connectivity index (χ2n) is 10.6. The molecule has 16 nitrogen and oxygen atoms in total. The van der Waals surface area contributed by atoms with Crippen LogP contribution in [0.3, 0.4) is 0 Å². The number of amides is 4. The second kappa shape index (κ2) is 13.3.